The summed E-state index contributed by atoms with van der Waals surface area (Å²) in [6.07, 6.45) is 7.77. The molecule has 3 aliphatic rings. The van der Waals surface area contributed by atoms with Gasteiger partial charge in [0.05, 0.1) is 6.61 Å². The number of carbonyl (C=O) groups is 1. The number of fused-ring (bicyclic) bond motifs is 1. The molecule has 0 N–H and O–H groups in total. The van der Waals surface area contributed by atoms with Crippen molar-refractivity contribution in [1.29, 1.82) is 0 Å². The molecule has 1 atom stereocenters. The highest BCUT2D eigenvalue weighted by atomic mass is 32.2. The largest absolute Gasteiger partial charge is 0.474 e. The lowest BCUT2D eigenvalue weighted by Crippen LogP contribution is -2.42. The number of nitrogens with zero attached hydrogens (tertiary/aromatic N) is 4. The zero-order chi connectivity index (χ0) is 22.1. The minimum Gasteiger partial charge on any atom is -0.474 e. The van der Waals surface area contributed by atoms with Gasteiger partial charge >= 0.3 is 6.09 Å². The number of benzene rings is 1. The van der Waals surface area contributed by atoms with Crippen LogP contribution in [0.15, 0.2) is 35.5 Å². The molecule has 8 nitrogen and oxygen atoms in total. The first-order valence-corrected chi connectivity index (χ1v) is 12.8. The fourth-order valence-corrected chi connectivity index (χ4v) is 4.80. The number of piperidine rings is 1. The summed E-state index contributed by atoms with van der Waals surface area (Å²) < 4.78 is 23.3. The second-order valence-corrected chi connectivity index (χ2v) is 10.1. The Morgan fingerprint density at radius 1 is 1.12 bits per heavy atom. The van der Waals surface area contributed by atoms with Crippen molar-refractivity contribution in [3.05, 3.63) is 36.2 Å². The van der Waals surface area contributed by atoms with E-state index in [0.717, 1.165) is 42.2 Å². The van der Waals surface area contributed by atoms with Gasteiger partial charge in [0, 0.05) is 66.2 Å². The minimum atomic E-state index is -0.988. The molecule has 2 aromatic rings. The maximum absolute atomic E-state index is 12.2. The molecule has 5 rings (SSSR count). The van der Waals surface area contributed by atoms with Crippen molar-refractivity contribution in [2.75, 3.05) is 37.4 Å². The first-order valence-electron chi connectivity index (χ1n) is 11.2. The summed E-state index contributed by atoms with van der Waals surface area (Å²) in [6, 6.07) is 7.82. The number of aromatic nitrogens is 2. The maximum atomic E-state index is 12.2. The molecule has 1 unspecified atom stereocenters. The second-order valence-electron chi connectivity index (χ2n) is 8.69. The molecule has 170 valence electrons. The van der Waals surface area contributed by atoms with Crippen LogP contribution in [0.5, 0.6) is 5.88 Å². The van der Waals surface area contributed by atoms with Gasteiger partial charge in [0.1, 0.15) is 18.2 Å². The topological polar surface area (TPSA) is 84.9 Å². The first-order chi connectivity index (χ1) is 15.6. The highest BCUT2D eigenvalue weighted by Crippen LogP contribution is 2.35. The number of rotatable bonds is 6. The van der Waals surface area contributed by atoms with Crippen LogP contribution >= 0.6 is 0 Å². The van der Waals surface area contributed by atoms with Gasteiger partial charge in [-0.25, -0.2) is 14.8 Å². The highest BCUT2D eigenvalue weighted by Gasteiger charge is 2.28. The van der Waals surface area contributed by atoms with E-state index in [2.05, 4.69) is 14.9 Å². The van der Waals surface area contributed by atoms with Gasteiger partial charge in [-0.1, -0.05) is 0 Å². The highest BCUT2D eigenvalue weighted by molar-refractivity contribution is 7.84. The number of likely N-dealkylation sites (tertiary alicyclic amines) is 1. The average molecular weight is 457 g/mol. The van der Waals surface area contributed by atoms with E-state index in [1.165, 1.54) is 24.7 Å². The Bertz CT molecular complexity index is 1020. The quantitative estimate of drug-likeness (QED) is 0.659. The summed E-state index contributed by atoms with van der Waals surface area (Å²) in [6.45, 7) is 2.63. The van der Waals surface area contributed by atoms with Crippen LogP contribution in [0.2, 0.25) is 0 Å². The van der Waals surface area contributed by atoms with Crippen molar-refractivity contribution in [3.63, 3.8) is 0 Å². The van der Waals surface area contributed by atoms with Crippen LogP contribution in [0.4, 0.5) is 16.3 Å². The predicted molar refractivity (Wildman–Crippen MR) is 121 cm³/mol. The molecule has 0 bridgehead atoms. The Labute approximate surface area is 190 Å². The third-order valence-electron chi connectivity index (χ3n) is 6.31. The molecule has 2 aliphatic heterocycles. The molecule has 32 heavy (non-hydrogen) atoms. The average Bonchev–Trinajstić information content (AvgIpc) is 3.54. The molecule has 1 aromatic heterocycles. The van der Waals surface area contributed by atoms with Crippen LogP contribution in [0, 0.1) is 5.92 Å². The van der Waals surface area contributed by atoms with Crippen LogP contribution in [0.25, 0.3) is 0 Å². The number of carbonyl (C=O) groups excluding carboxylic acids is 1. The molecule has 1 aromatic carbocycles. The molecular formula is C23H28N4O4S. The molecule has 1 amide bonds. The van der Waals surface area contributed by atoms with Crippen LogP contribution in [-0.2, 0) is 22.0 Å². The molecule has 1 saturated heterocycles. The van der Waals surface area contributed by atoms with Crippen molar-refractivity contribution in [1.82, 2.24) is 14.9 Å². The fourth-order valence-electron chi connectivity index (χ4n) is 4.23. The van der Waals surface area contributed by atoms with E-state index in [4.69, 9.17) is 9.47 Å². The van der Waals surface area contributed by atoms with Gasteiger partial charge in [-0.05, 0) is 48.9 Å². The van der Waals surface area contributed by atoms with Gasteiger partial charge in [0.15, 0.2) is 0 Å². The summed E-state index contributed by atoms with van der Waals surface area (Å²) in [5, 5.41) is 0. The molecule has 0 radical (unpaired) electrons. The summed E-state index contributed by atoms with van der Waals surface area (Å²) in [4.78, 5) is 25.7. The zero-order valence-electron chi connectivity index (χ0n) is 18.2. The van der Waals surface area contributed by atoms with E-state index in [1.54, 1.807) is 11.2 Å². The Morgan fingerprint density at radius 3 is 2.69 bits per heavy atom. The first kappa shape index (κ1) is 21.2. The smallest absolute Gasteiger partial charge is 0.409 e. The van der Waals surface area contributed by atoms with Gasteiger partial charge in [-0.3, -0.25) is 4.21 Å². The van der Waals surface area contributed by atoms with E-state index in [0.29, 0.717) is 31.5 Å². The molecule has 0 spiro atoms. The molecule has 1 saturated carbocycles. The predicted octanol–water partition coefficient (Wildman–Crippen LogP) is 3.30. The van der Waals surface area contributed by atoms with Crippen molar-refractivity contribution in [3.8, 4) is 5.88 Å². The fraction of sp³-hybridized carbons (Fsp3) is 0.522. The third-order valence-corrected chi connectivity index (χ3v) is 7.23. The van der Waals surface area contributed by atoms with Crippen LogP contribution in [-0.4, -0.2) is 63.8 Å². The summed E-state index contributed by atoms with van der Waals surface area (Å²) in [5.74, 6) is 1.91. The van der Waals surface area contributed by atoms with E-state index in [1.807, 2.05) is 24.3 Å². The standard InChI is InChI=1S/C23H28N4O4S/c1-32(29)19-4-5-20-17(12-19)6-11-27(20)21-13-22(25-15-24-21)31-18-7-9-26(10-8-18)23(28)30-14-16-2-3-16/h4-5,12-13,15-16,18H,2-3,6-11,14H2,1H3. The molecule has 9 heteroatoms. The van der Waals surface area contributed by atoms with E-state index < -0.39 is 10.8 Å². The number of anilines is 2. The summed E-state index contributed by atoms with van der Waals surface area (Å²) in [7, 11) is -0.988. The number of amides is 1. The van der Waals surface area contributed by atoms with E-state index >= 15 is 0 Å². The normalized spacial score (nSPS) is 19.5. The lowest BCUT2D eigenvalue weighted by molar-refractivity contribution is 0.0640. The molecule has 2 fully saturated rings. The van der Waals surface area contributed by atoms with Crippen LogP contribution in [0.3, 0.4) is 0 Å². The van der Waals surface area contributed by atoms with Gasteiger partial charge in [-0.2, -0.15) is 0 Å². The van der Waals surface area contributed by atoms with Gasteiger partial charge < -0.3 is 19.3 Å². The Hall–Kier alpha value is -2.68. The van der Waals surface area contributed by atoms with Gasteiger partial charge in [0.25, 0.3) is 0 Å². The summed E-state index contributed by atoms with van der Waals surface area (Å²) >= 11 is 0. The third kappa shape index (κ3) is 4.72. The Kier molecular flexibility index (Phi) is 5.99. The van der Waals surface area contributed by atoms with Crippen molar-refractivity contribution >= 4 is 28.4 Å². The Balaban J connectivity index is 1.19. The lowest BCUT2D eigenvalue weighted by Gasteiger charge is -2.31. The van der Waals surface area contributed by atoms with Crippen molar-refractivity contribution in [2.45, 2.75) is 43.1 Å². The minimum absolute atomic E-state index is 0.0122. The lowest BCUT2D eigenvalue weighted by atomic mass is 10.1. The van der Waals surface area contributed by atoms with Gasteiger partial charge in [-0.15, -0.1) is 0 Å². The summed E-state index contributed by atoms with van der Waals surface area (Å²) in [5.41, 5.74) is 2.27. The monoisotopic (exact) mass is 456 g/mol. The SMILES string of the molecule is CS(=O)c1ccc2c(c1)CCN2c1cc(OC2CCN(C(=O)OCC3CC3)CC2)ncn1. The van der Waals surface area contributed by atoms with Crippen molar-refractivity contribution in [2.24, 2.45) is 5.92 Å². The zero-order valence-corrected chi connectivity index (χ0v) is 19.1. The molecular weight excluding hydrogens is 428 g/mol. The number of hydrogen-bond acceptors (Lipinski definition) is 7. The number of hydrogen-bond donors (Lipinski definition) is 0. The number of ether oxygens (including phenoxy) is 2. The molecule has 3 heterocycles. The second kappa shape index (κ2) is 9.05. The maximum Gasteiger partial charge on any atom is 0.409 e. The van der Waals surface area contributed by atoms with E-state index in [9.17, 15) is 9.00 Å². The van der Waals surface area contributed by atoms with Crippen molar-refractivity contribution < 1.29 is 18.5 Å². The van der Waals surface area contributed by atoms with Gasteiger partial charge in [0.2, 0.25) is 5.88 Å². The van der Waals surface area contributed by atoms with Crippen LogP contribution < -0.4 is 9.64 Å². The van der Waals surface area contributed by atoms with E-state index in [-0.39, 0.29) is 12.2 Å². The Morgan fingerprint density at radius 2 is 1.94 bits per heavy atom. The molecule has 1 aliphatic carbocycles. The van der Waals surface area contributed by atoms with Crippen LogP contribution in [0.1, 0.15) is 31.2 Å².